The Hall–Kier alpha value is -1.45. The smallest absolute Gasteiger partial charge is 0.253 e. The molecule has 0 radical (unpaired) electrons. The Morgan fingerprint density at radius 1 is 1.35 bits per heavy atom. The summed E-state index contributed by atoms with van der Waals surface area (Å²) >= 11 is 0. The fraction of sp³-hybridized carbons (Fsp3) is 0.538. The molecule has 1 aromatic rings. The van der Waals surface area contributed by atoms with Crippen molar-refractivity contribution in [3.8, 4) is 0 Å². The van der Waals surface area contributed by atoms with Gasteiger partial charge in [-0.1, -0.05) is 13.8 Å². The maximum absolute atomic E-state index is 12.6. The summed E-state index contributed by atoms with van der Waals surface area (Å²) in [5.41, 5.74) is 0.391. The first-order valence-corrected chi connectivity index (χ1v) is 5.91. The molecule has 1 heterocycles. The quantitative estimate of drug-likeness (QED) is 0.801. The predicted molar refractivity (Wildman–Crippen MR) is 65.2 cm³/mol. The third kappa shape index (κ3) is 4.93. The molecule has 0 bridgehead atoms. The zero-order valence-corrected chi connectivity index (χ0v) is 10.5. The van der Waals surface area contributed by atoms with Crippen molar-refractivity contribution in [2.45, 2.75) is 39.7 Å². The Morgan fingerprint density at radius 2 is 2.06 bits per heavy atom. The van der Waals surface area contributed by atoms with Gasteiger partial charge < -0.3 is 5.32 Å². The highest BCUT2D eigenvalue weighted by Gasteiger charge is 2.10. The molecule has 0 aliphatic rings. The van der Waals surface area contributed by atoms with E-state index in [0.717, 1.165) is 12.8 Å². The summed E-state index contributed by atoms with van der Waals surface area (Å²) in [6.45, 7) is 6.27. The van der Waals surface area contributed by atoms with Gasteiger partial charge in [-0.05, 0) is 37.8 Å². The predicted octanol–water partition coefficient (Wildman–Crippen LogP) is 2.78. The number of amides is 1. The highest BCUT2D eigenvalue weighted by atomic mass is 19.1. The summed E-state index contributed by atoms with van der Waals surface area (Å²) in [5.74, 6) is -0.148. The lowest BCUT2D eigenvalue weighted by Gasteiger charge is -2.14. The molecule has 0 fully saturated rings. The van der Waals surface area contributed by atoms with Crippen LogP contribution in [0.15, 0.2) is 18.3 Å². The van der Waals surface area contributed by atoms with E-state index in [-0.39, 0.29) is 11.9 Å². The highest BCUT2D eigenvalue weighted by molar-refractivity contribution is 5.93. The van der Waals surface area contributed by atoms with Crippen LogP contribution in [0.4, 0.5) is 4.39 Å². The largest absolute Gasteiger partial charge is 0.350 e. The minimum Gasteiger partial charge on any atom is -0.350 e. The normalized spacial score (nSPS) is 12.5. The van der Waals surface area contributed by atoms with Gasteiger partial charge in [-0.25, -0.2) is 4.98 Å². The highest BCUT2D eigenvalue weighted by Crippen LogP contribution is 2.07. The number of aromatic nitrogens is 1. The van der Waals surface area contributed by atoms with Crippen LogP contribution in [0.3, 0.4) is 0 Å². The monoisotopic (exact) mass is 238 g/mol. The van der Waals surface area contributed by atoms with Crippen LogP contribution >= 0.6 is 0 Å². The van der Waals surface area contributed by atoms with Crippen LogP contribution in [0, 0.1) is 11.9 Å². The maximum atomic E-state index is 12.6. The van der Waals surface area contributed by atoms with Crippen LogP contribution in [0.2, 0.25) is 0 Å². The lowest BCUT2D eigenvalue weighted by molar-refractivity contribution is 0.0936. The number of pyridine rings is 1. The Kier molecular flexibility index (Phi) is 5.07. The zero-order chi connectivity index (χ0) is 12.8. The van der Waals surface area contributed by atoms with Crippen molar-refractivity contribution in [2.24, 2.45) is 5.92 Å². The third-order valence-electron chi connectivity index (χ3n) is 2.54. The fourth-order valence-electron chi connectivity index (χ4n) is 1.47. The van der Waals surface area contributed by atoms with Crippen molar-refractivity contribution < 1.29 is 9.18 Å². The number of hydrogen-bond acceptors (Lipinski definition) is 2. The molecule has 0 aromatic carbocycles. The van der Waals surface area contributed by atoms with Crippen molar-refractivity contribution in [1.29, 1.82) is 0 Å². The van der Waals surface area contributed by atoms with Crippen LogP contribution in [-0.4, -0.2) is 16.9 Å². The minimum absolute atomic E-state index is 0.120. The first-order chi connectivity index (χ1) is 7.99. The van der Waals surface area contributed by atoms with E-state index in [9.17, 15) is 9.18 Å². The molecule has 17 heavy (non-hydrogen) atoms. The number of nitrogens with one attached hydrogen (secondary N) is 1. The van der Waals surface area contributed by atoms with E-state index in [4.69, 9.17) is 0 Å². The average molecular weight is 238 g/mol. The van der Waals surface area contributed by atoms with Gasteiger partial charge in [-0.15, -0.1) is 0 Å². The van der Waals surface area contributed by atoms with Crippen molar-refractivity contribution in [3.05, 3.63) is 29.8 Å². The fourth-order valence-corrected chi connectivity index (χ4v) is 1.47. The SMILES string of the molecule is CC(C)CCC(C)NC(=O)c1ccc(F)nc1. The number of carbonyl (C=O) groups is 1. The molecule has 3 nitrogen and oxygen atoms in total. The number of hydrogen-bond donors (Lipinski definition) is 1. The van der Waals surface area contributed by atoms with Gasteiger partial charge in [0.25, 0.3) is 5.91 Å². The molecule has 1 N–H and O–H groups in total. The summed E-state index contributed by atoms with van der Waals surface area (Å²) in [7, 11) is 0. The van der Waals surface area contributed by atoms with Crippen LogP contribution in [0.5, 0.6) is 0 Å². The summed E-state index contributed by atoms with van der Waals surface area (Å²) in [6.07, 6.45) is 3.26. The Balaban J connectivity index is 2.46. The van der Waals surface area contributed by atoms with Crippen LogP contribution in [0.1, 0.15) is 44.0 Å². The topological polar surface area (TPSA) is 42.0 Å². The molecule has 1 amide bonds. The van der Waals surface area contributed by atoms with E-state index < -0.39 is 5.95 Å². The van der Waals surface area contributed by atoms with Crippen molar-refractivity contribution in [2.75, 3.05) is 0 Å². The molecule has 0 saturated heterocycles. The first-order valence-electron chi connectivity index (χ1n) is 5.91. The van der Waals surface area contributed by atoms with Gasteiger partial charge in [-0.2, -0.15) is 4.39 Å². The van der Waals surface area contributed by atoms with Crippen LogP contribution in [0.25, 0.3) is 0 Å². The third-order valence-corrected chi connectivity index (χ3v) is 2.54. The van der Waals surface area contributed by atoms with Crippen molar-refractivity contribution >= 4 is 5.91 Å². The van der Waals surface area contributed by atoms with Gasteiger partial charge in [0.15, 0.2) is 0 Å². The van der Waals surface area contributed by atoms with Crippen molar-refractivity contribution in [1.82, 2.24) is 10.3 Å². The van der Waals surface area contributed by atoms with Gasteiger partial charge in [-0.3, -0.25) is 4.79 Å². The summed E-state index contributed by atoms with van der Waals surface area (Å²) in [4.78, 5) is 15.2. The maximum Gasteiger partial charge on any atom is 0.253 e. The molecular weight excluding hydrogens is 219 g/mol. The molecule has 1 aromatic heterocycles. The molecule has 0 saturated carbocycles. The van der Waals surface area contributed by atoms with Crippen LogP contribution in [-0.2, 0) is 0 Å². The molecule has 0 aliphatic heterocycles. The average Bonchev–Trinajstić information content (AvgIpc) is 2.27. The number of carbonyl (C=O) groups excluding carboxylic acids is 1. The molecule has 0 aliphatic carbocycles. The van der Waals surface area contributed by atoms with E-state index >= 15 is 0 Å². The lowest BCUT2D eigenvalue weighted by Crippen LogP contribution is -2.32. The molecular formula is C13H19FN2O. The van der Waals surface area contributed by atoms with Gasteiger partial charge in [0, 0.05) is 12.2 Å². The second kappa shape index (κ2) is 6.33. The second-order valence-electron chi connectivity index (χ2n) is 4.72. The number of nitrogens with zero attached hydrogens (tertiary/aromatic N) is 1. The van der Waals surface area contributed by atoms with Crippen LogP contribution < -0.4 is 5.32 Å². The van der Waals surface area contributed by atoms with Gasteiger partial charge in [0.2, 0.25) is 5.95 Å². The second-order valence-corrected chi connectivity index (χ2v) is 4.72. The molecule has 1 unspecified atom stereocenters. The van der Waals surface area contributed by atoms with Gasteiger partial charge in [0.05, 0.1) is 5.56 Å². The van der Waals surface area contributed by atoms with E-state index in [1.807, 2.05) is 6.92 Å². The zero-order valence-electron chi connectivity index (χ0n) is 10.5. The first kappa shape index (κ1) is 13.6. The molecule has 0 spiro atoms. The molecule has 4 heteroatoms. The Morgan fingerprint density at radius 3 is 2.59 bits per heavy atom. The van der Waals surface area contributed by atoms with Gasteiger partial charge in [0.1, 0.15) is 0 Å². The van der Waals surface area contributed by atoms with E-state index in [1.165, 1.54) is 18.3 Å². The Labute approximate surface area is 101 Å². The standard InChI is InChI=1S/C13H19FN2O/c1-9(2)4-5-10(3)16-13(17)11-6-7-12(14)15-8-11/h6-10H,4-5H2,1-3H3,(H,16,17). The van der Waals surface area contributed by atoms with Gasteiger partial charge >= 0.3 is 0 Å². The molecule has 1 atom stereocenters. The molecule has 94 valence electrons. The summed E-state index contributed by atoms with van der Waals surface area (Å²) in [6, 6.07) is 2.75. The number of rotatable bonds is 5. The summed E-state index contributed by atoms with van der Waals surface area (Å²) in [5, 5.41) is 2.87. The number of halogens is 1. The van der Waals surface area contributed by atoms with E-state index in [2.05, 4.69) is 24.1 Å². The minimum atomic E-state index is -0.575. The lowest BCUT2D eigenvalue weighted by atomic mass is 10.0. The van der Waals surface area contributed by atoms with Crippen molar-refractivity contribution in [3.63, 3.8) is 0 Å². The molecule has 1 rings (SSSR count). The van der Waals surface area contributed by atoms with E-state index in [1.54, 1.807) is 0 Å². The van der Waals surface area contributed by atoms with E-state index in [0.29, 0.717) is 11.5 Å². The summed E-state index contributed by atoms with van der Waals surface area (Å²) < 4.78 is 12.6. The Bertz CT molecular complexity index is 362.